The van der Waals surface area contributed by atoms with E-state index in [2.05, 4.69) is 46.1 Å². The Labute approximate surface area is 106 Å². The van der Waals surface area contributed by atoms with Crippen LogP contribution in [0.2, 0.25) is 0 Å². The normalized spacial score (nSPS) is 18.7. The van der Waals surface area contributed by atoms with Gasteiger partial charge in [-0.05, 0) is 52.7 Å². The molecule has 0 saturated heterocycles. The number of halogens is 1. The van der Waals surface area contributed by atoms with Crippen LogP contribution in [0.4, 0.5) is 5.82 Å². The number of hydrogen-bond acceptors (Lipinski definition) is 2. The number of rotatable bonds is 3. The van der Waals surface area contributed by atoms with Crippen molar-refractivity contribution >= 4 is 21.7 Å². The monoisotopic (exact) mass is 282 g/mol. The Bertz CT molecular complexity index is 370. The minimum atomic E-state index is 0.475. The molecule has 1 aromatic heterocycles. The molecule has 0 amide bonds. The Kier molecular flexibility index (Phi) is 3.53. The van der Waals surface area contributed by atoms with Crippen molar-refractivity contribution in [2.45, 2.75) is 39.5 Å². The molecule has 0 aliphatic heterocycles. The first-order chi connectivity index (χ1) is 7.59. The van der Waals surface area contributed by atoms with Gasteiger partial charge in [0.2, 0.25) is 0 Å². The number of hydrogen-bond donors (Lipinski definition) is 1. The number of nitrogens with one attached hydrogen (secondary N) is 1. The maximum absolute atomic E-state index is 4.37. The quantitative estimate of drug-likeness (QED) is 0.901. The average Bonchev–Trinajstić information content (AvgIpc) is 2.68. The van der Waals surface area contributed by atoms with Crippen LogP contribution in [0.25, 0.3) is 0 Å². The second-order valence-corrected chi connectivity index (χ2v) is 6.04. The minimum absolute atomic E-state index is 0.475. The van der Waals surface area contributed by atoms with Crippen LogP contribution in [0.3, 0.4) is 0 Å². The van der Waals surface area contributed by atoms with Crippen LogP contribution in [0.5, 0.6) is 0 Å². The third kappa shape index (κ3) is 2.76. The Morgan fingerprint density at radius 1 is 1.44 bits per heavy atom. The molecule has 88 valence electrons. The first-order valence-electron chi connectivity index (χ1n) is 5.95. The van der Waals surface area contributed by atoms with Crippen molar-refractivity contribution < 1.29 is 0 Å². The zero-order chi connectivity index (χ0) is 11.6. The highest BCUT2D eigenvalue weighted by atomic mass is 79.9. The van der Waals surface area contributed by atoms with Crippen LogP contribution in [0, 0.1) is 12.3 Å². The highest BCUT2D eigenvalue weighted by Gasteiger charge is 2.28. The summed E-state index contributed by atoms with van der Waals surface area (Å²) in [5.41, 5.74) is 1.71. The molecule has 1 aliphatic carbocycles. The SMILES string of the molecule is Cc1cc(NCC2(C)CCCC2)ncc1Br. The Balaban J connectivity index is 1.96. The van der Waals surface area contributed by atoms with Crippen LogP contribution in [-0.4, -0.2) is 11.5 Å². The largest absolute Gasteiger partial charge is 0.370 e. The summed E-state index contributed by atoms with van der Waals surface area (Å²) in [5, 5.41) is 3.46. The molecule has 16 heavy (non-hydrogen) atoms. The van der Waals surface area contributed by atoms with E-state index in [-0.39, 0.29) is 0 Å². The molecule has 1 aromatic rings. The van der Waals surface area contributed by atoms with E-state index in [4.69, 9.17) is 0 Å². The van der Waals surface area contributed by atoms with Crippen LogP contribution < -0.4 is 5.32 Å². The molecule has 3 heteroatoms. The lowest BCUT2D eigenvalue weighted by Gasteiger charge is -2.24. The van der Waals surface area contributed by atoms with Crippen LogP contribution >= 0.6 is 15.9 Å². The fourth-order valence-corrected chi connectivity index (χ4v) is 2.56. The lowest BCUT2D eigenvalue weighted by molar-refractivity contribution is 0.361. The van der Waals surface area contributed by atoms with Gasteiger partial charge in [-0.1, -0.05) is 19.8 Å². The summed E-state index contributed by atoms with van der Waals surface area (Å²) in [4.78, 5) is 4.37. The predicted molar refractivity (Wildman–Crippen MR) is 71.7 cm³/mol. The second kappa shape index (κ2) is 4.74. The van der Waals surface area contributed by atoms with Crippen molar-refractivity contribution in [3.05, 3.63) is 22.3 Å². The molecule has 1 saturated carbocycles. The van der Waals surface area contributed by atoms with Gasteiger partial charge < -0.3 is 5.32 Å². The summed E-state index contributed by atoms with van der Waals surface area (Å²) in [6.45, 7) is 5.51. The topological polar surface area (TPSA) is 24.9 Å². The summed E-state index contributed by atoms with van der Waals surface area (Å²) in [5.74, 6) is 0.994. The summed E-state index contributed by atoms with van der Waals surface area (Å²) in [6.07, 6.45) is 7.32. The lowest BCUT2D eigenvalue weighted by atomic mass is 9.89. The molecule has 2 nitrogen and oxygen atoms in total. The molecule has 1 fully saturated rings. The number of aromatic nitrogens is 1. The second-order valence-electron chi connectivity index (χ2n) is 5.19. The van der Waals surface area contributed by atoms with E-state index in [1.807, 2.05) is 6.20 Å². The number of nitrogens with zero attached hydrogens (tertiary/aromatic N) is 1. The van der Waals surface area contributed by atoms with Gasteiger partial charge in [0.1, 0.15) is 5.82 Å². The highest BCUT2D eigenvalue weighted by molar-refractivity contribution is 9.10. The van der Waals surface area contributed by atoms with Gasteiger partial charge >= 0.3 is 0 Å². The van der Waals surface area contributed by atoms with Crippen LogP contribution in [-0.2, 0) is 0 Å². The molecule has 0 bridgehead atoms. The fourth-order valence-electron chi connectivity index (χ4n) is 2.35. The summed E-state index contributed by atoms with van der Waals surface area (Å²) in [6, 6.07) is 2.10. The summed E-state index contributed by atoms with van der Waals surface area (Å²) in [7, 11) is 0. The van der Waals surface area contributed by atoms with E-state index in [1.165, 1.54) is 31.2 Å². The fraction of sp³-hybridized carbons (Fsp3) is 0.615. The lowest BCUT2D eigenvalue weighted by Crippen LogP contribution is -2.23. The van der Waals surface area contributed by atoms with Crippen molar-refractivity contribution in [3.8, 4) is 0 Å². The van der Waals surface area contributed by atoms with Gasteiger partial charge in [0.25, 0.3) is 0 Å². The summed E-state index contributed by atoms with van der Waals surface area (Å²) >= 11 is 3.47. The van der Waals surface area contributed by atoms with E-state index < -0.39 is 0 Å². The first-order valence-corrected chi connectivity index (χ1v) is 6.74. The minimum Gasteiger partial charge on any atom is -0.370 e. The zero-order valence-corrected chi connectivity index (χ0v) is 11.6. The smallest absolute Gasteiger partial charge is 0.126 e. The van der Waals surface area contributed by atoms with Crippen molar-refractivity contribution in [1.82, 2.24) is 4.98 Å². The maximum Gasteiger partial charge on any atom is 0.126 e. The Morgan fingerprint density at radius 2 is 2.12 bits per heavy atom. The third-order valence-corrected chi connectivity index (χ3v) is 4.38. The van der Waals surface area contributed by atoms with E-state index in [1.54, 1.807) is 0 Å². The van der Waals surface area contributed by atoms with E-state index in [0.29, 0.717) is 5.41 Å². The van der Waals surface area contributed by atoms with Crippen molar-refractivity contribution in [2.75, 3.05) is 11.9 Å². The van der Waals surface area contributed by atoms with E-state index in [9.17, 15) is 0 Å². The predicted octanol–water partition coefficient (Wildman–Crippen LogP) is 4.14. The molecule has 0 aromatic carbocycles. The maximum atomic E-state index is 4.37. The third-order valence-electron chi connectivity index (χ3n) is 3.55. The molecule has 0 unspecified atom stereocenters. The zero-order valence-electron chi connectivity index (χ0n) is 10.0. The standard InChI is InChI=1S/C13H19BrN2/c1-10-7-12(15-8-11(10)14)16-9-13(2)5-3-4-6-13/h7-8H,3-6,9H2,1-2H3,(H,15,16). The Hall–Kier alpha value is -0.570. The van der Waals surface area contributed by atoms with E-state index >= 15 is 0 Å². The highest BCUT2D eigenvalue weighted by Crippen LogP contribution is 2.37. The molecule has 0 atom stereocenters. The van der Waals surface area contributed by atoms with Crippen LogP contribution in [0.1, 0.15) is 38.2 Å². The van der Waals surface area contributed by atoms with Gasteiger partial charge in [-0.3, -0.25) is 0 Å². The molecular formula is C13H19BrN2. The molecule has 0 spiro atoms. The first kappa shape index (κ1) is 11.9. The number of anilines is 1. The summed E-state index contributed by atoms with van der Waals surface area (Å²) < 4.78 is 1.07. The molecule has 2 rings (SSSR count). The molecule has 1 N–H and O–H groups in total. The molecular weight excluding hydrogens is 264 g/mol. The van der Waals surface area contributed by atoms with Gasteiger partial charge in [-0.25, -0.2) is 4.98 Å². The van der Waals surface area contributed by atoms with Crippen molar-refractivity contribution in [1.29, 1.82) is 0 Å². The van der Waals surface area contributed by atoms with Gasteiger partial charge in [0, 0.05) is 17.2 Å². The molecule has 0 radical (unpaired) electrons. The number of pyridine rings is 1. The van der Waals surface area contributed by atoms with Crippen molar-refractivity contribution in [2.24, 2.45) is 5.41 Å². The van der Waals surface area contributed by atoms with Gasteiger partial charge in [-0.2, -0.15) is 0 Å². The molecule has 1 aliphatic rings. The number of aryl methyl sites for hydroxylation is 1. The van der Waals surface area contributed by atoms with Gasteiger partial charge in [0.15, 0.2) is 0 Å². The Morgan fingerprint density at radius 3 is 2.75 bits per heavy atom. The molecule has 1 heterocycles. The van der Waals surface area contributed by atoms with Crippen molar-refractivity contribution in [3.63, 3.8) is 0 Å². The van der Waals surface area contributed by atoms with Gasteiger partial charge in [0.05, 0.1) is 0 Å². The van der Waals surface area contributed by atoms with Gasteiger partial charge in [-0.15, -0.1) is 0 Å². The average molecular weight is 283 g/mol. The van der Waals surface area contributed by atoms with E-state index in [0.717, 1.165) is 16.8 Å². The van der Waals surface area contributed by atoms with Crippen LogP contribution in [0.15, 0.2) is 16.7 Å².